The van der Waals surface area contributed by atoms with Gasteiger partial charge in [-0.25, -0.2) is 4.98 Å². The van der Waals surface area contributed by atoms with E-state index < -0.39 is 0 Å². The second-order valence-electron chi connectivity index (χ2n) is 2.54. The van der Waals surface area contributed by atoms with Crippen molar-refractivity contribution < 1.29 is 0 Å². The van der Waals surface area contributed by atoms with Crippen molar-refractivity contribution in [3.05, 3.63) is 29.4 Å². The molecule has 0 aromatic carbocycles. The van der Waals surface area contributed by atoms with Gasteiger partial charge in [0.25, 0.3) is 0 Å². The van der Waals surface area contributed by atoms with Crippen LogP contribution in [0.2, 0.25) is 5.15 Å². The summed E-state index contributed by atoms with van der Waals surface area (Å²) < 4.78 is 0. The van der Waals surface area contributed by atoms with E-state index in [1.807, 2.05) is 6.07 Å². The summed E-state index contributed by atoms with van der Waals surface area (Å²) in [6.07, 6.45) is 1.67. The van der Waals surface area contributed by atoms with Crippen LogP contribution >= 0.6 is 11.6 Å². The average Bonchev–Trinajstić information content (AvgIpc) is 2.14. The molecule has 4 nitrogen and oxygen atoms in total. The summed E-state index contributed by atoms with van der Waals surface area (Å²) in [5.74, 6) is 0.278. The molecule has 1 heterocycles. The van der Waals surface area contributed by atoms with Crippen LogP contribution in [0.15, 0.2) is 18.7 Å². The summed E-state index contributed by atoms with van der Waals surface area (Å²) >= 11 is 5.73. The molecule has 0 atom stereocenters. The monoisotopic (exact) mass is 208 g/mol. The van der Waals surface area contributed by atoms with Crippen LogP contribution in [-0.2, 0) is 0 Å². The largest absolute Gasteiger partial charge is 0.384 e. The Bertz CT molecular complexity index is 395. The lowest BCUT2D eigenvalue weighted by molar-refractivity contribution is 1.26. The number of hydrogen-bond acceptors (Lipinski definition) is 4. The Kier molecular flexibility index (Phi) is 3.32. The molecule has 1 aromatic heterocycles. The molecular formula is C9H9ClN4. The Hall–Kier alpha value is -1.73. The van der Waals surface area contributed by atoms with Crippen molar-refractivity contribution in [1.29, 1.82) is 5.26 Å². The lowest BCUT2D eigenvalue weighted by atomic mass is 10.2. The van der Waals surface area contributed by atoms with Gasteiger partial charge in [-0.05, 0) is 0 Å². The summed E-state index contributed by atoms with van der Waals surface area (Å²) in [6.45, 7) is 4.09. The van der Waals surface area contributed by atoms with Crippen molar-refractivity contribution in [1.82, 2.24) is 4.98 Å². The highest BCUT2D eigenvalue weighted by Gasteiger charge is 2.08. The summed E-state index contributed by atoms with van der Waals surface area (Å²) in [6, 6.07) is 3.52. The summed E-state index contributed by atoms with van der Waals surface area (Å²) in [7, 11) is 0. The maximum Gasteiger partial charge on any atom is 0.151 e. The van der Waals surface area contributed by atoms with E-state index in [1.54, 1.807) is 12.1 Å². The number of hydrogen-bond donors (Lipinski definition) is 2. The lowest BCUT2D eigenvalue weighted by Crippen LogP contribution is -2.03. The number of nitrogen functional groups attached to an aromatic ring is 1. The molecule has 0 amide bonds. The first-order valence-electron chi connectivity index (χ1n) is 3.90. The molecule has 0 aliphatic rings. The Morgan fingerprint density at radius 2 is 2.50 bits per heavy atom. The number of anilines is 2. The van der Waals surface area contributed by atoms with E-state index >= 15 is 0 Å². The number of nitrogens with one attached hydrogen (secondary N) is 1. The zero-order chi connectivity index (χ0) is 10.6. The maximum absolute atomic E-state index is 8.81. The van der Waals surface area contributed by atoms with Crippen molar-refractivity contribution in [2.75, 3.05) is 17.6 Å². The van der Waals surface area contributed by atoms with Crippen LogP contribution in [0.5, 0.6) is 0 Å². The van der Waals surface area contributed by atoms with Gasteiger partial charge in [-0.1, -0.05) is 17.7 Å². The number of nitrogens with two attached hydrogens (primary N) is 1. The molecule has 0 spiro atoms. The number of aromatic nitrogens is 1. The van der Waals surface area contributed by atoms with Crippen molar-refractivity contribution in [2.45, 2.75) is 0 Å². The SMILES string of the molecule is C=CCNc1cc(N)nc(Cl)c1C#N. The Labute approximate surface area is 87.0 Å². The van der Waals surface area contributed by atoms with E-state index in [0.717, 1.165) is 0 Å². The first-order valence-corrected chi connectivity index (χ1v) is 4.27. The number of nitrogens with zero attached hydrogens (tertiary/aromatic N) is 2. The van der Waals surface area contributed by atoms with Gasteiger partial charge in [-0.2, -0.15) is 5.26 Å². The number of rotatable bonds is 3. The third kappa shape index (κ3) is 2.15. The number of pyridine rings is 1. The second kappa shape index (κ2) is 4.49. The van der Waals surface area contributed by atoms with E-state index in [-0.39, 0.29) is 11.0 Å². The Morgan fingerprint density at radius 1 is 1.79 bits per heavy atom. The minimum atomic E-state index is 0.110. The normalized spacial score (nSPS) is 9.14. The average molecular weight is 209 g/mol. The first-order chi connectivity index (χ1) is 6.69. The molecule has 0 aliphatic carbocycles. The lowest BCUT2D eigenvalue weighted by Gasteiger charge is -2.07. The molecule has 0 unspecified atom stereocenters. The maximum atomic E-state index is 8.81. The van der Waals surface area contributed by atoms with Crippen LogP contribution in [0.1, 0.15) is 5.56 Å². The third-order valence-corrected chi connectivity index (χ3v) is 1.82. The molecule has 1 aromatic rings. The molecule has 0 radical (unpaired) electrons. The van der Waals surface area contributed by atoms with Crippen LogP contribution < -0.4 is 11.1 Å². The van der Waals surface area contributed by atoms with E-state index in [9.17, 15) is 0 Å². The second-order valence-corrected chi connectivity index (χ2v) is 2.90. The molecule has 5 heteroatoms. The highest BCUT2D eigenvalue weighted by Crippen LogP contribution is 2.23. The van der Waals surface area contributed by atoms with E-state index in [4.69, 9.17) is 22.6 Å². The van der Waals surface area contributed by atoms with E-state index in [0.29, 0.717) is 17.8 Å². The van der Waals surface area contributed by atoms with Crippen LogP contribution in [0.4, 0.5) is 11.5 Å². The molecule has 72 valence electrons. The van der Waals surface area contributed by atoms with Gasteiger partial charge in [0.1, 0.15) is 17.5 Å². The van der Waals surface area contributed by atoms with Gasteiger partial charge in [0.2, 0.25) is 0 Å². The van der Waals surface area contributed by atoms with Crippen molar-refractivity contribution in [3.63, 3.8) is 0 Å². The zero-order valence-electron chi connectivity index (χ0n) is 7.42. The van der Waals surface area contributed by atoms with Gasteiger partial charge in [0.05, 0.1) is 5.69 Å². The predicted molar refractivity (Wildman–Crippen MR) is 57.1 cm³/mol. The van der Waals surface area contributed by atoms with Crippen molar-refractivity contribution >= 4 is 23.1 Å². The van der Waals surface area contributed by atoms with Gasteiger partial charge in [-0.15, -0.1) is 6.58 Å². The fraction of sp³-hybridized carbons (Fsp3) is 0.111. The van der Waals surface area contributed by atoms with Crippen LogP contribution in [0.3, 0.4) is 0 Å². The molecule has 3 N–H and O–H groups in total. The van der Waals surface area contributed by atoms with Gasteiger partial charge in [-0.3, -0.25) is 0 Å². The number of nitriles is 1. The van der Waals surface area contributed by atoms with Crippen molar-refractivity contribution in [2.24, 2.45) is 0 Å². The minimum absolute atomic E-state index is 0.110. The smallest absolute Gasteiger partial charge is 0.151 e. The fourth-order valence-corrected chi connectivity index (χ4v) is 1.20. The molecule has 0 saturated heterocycles. The van der Waals surface area contributed by atoms with Gasteiger partial charge in [0.15, 0.2) is 5.15 Å². The summed E-state index contributed by atoms with van der Waals surface area (Å²) in [4.78, 5) is 3.77. The van der Waals surface area contributed by atoms with Crippen LogP contribution in [-0.4, -0.2) is 11.5 Å². The Morgan fingerprint density at radius 3 is 3.07 bits per heavy atom. The predicted octanol–water partition coefficient (Wildman–Crippen LogP) is 1.79. The van der Waals surface area contributed by atoms with Gasteiger partial charge in [0, 0.05) is 12.6 Å². The topological polar surface area (TPSA) is 74.7 Å². The third-order valence-electron chi connectivity index (χ3n) is 1.54. The van der Waals surface area contributed by atoms with Crippen LogP contribution in [0.25, 0.3) is 0 Å². The van der Waals surface area contributed by atoms with E-state index in [1.165, 1.54) is 0 Å². The number of halogens is 1. The Balaban J connectivity index is 3.12. The first kappa shape index (κ1) is 10.4. The summed E-state index contributed by atoms with van der Waals surface area (Å²) in [5.41, 5.74) is 6.35. The molecule has 0 bridgehead atoms. The molecular weight excluding hydrogens is 200 g/mol. The summed E-state index contributed by atoms with van der Waals surface area (Å²) in [5, 5.41) is 11.9. The fourth-order valence-electron chi connectivity index (χ4n) is 0.961. The standard InChI is InChI=1S/C9H9ClN4/c1-2-3-13-7-4-8(12)14-9(10)6(7)5-11/h2,4H,1,3H2,(H3,12,13,14). The van der Waals surface area contributed by atoms with Gasteiger partial charge >= 0.3 is 0 Å². The van der Waals surface area contributed by atoms with Crippen LogP contribution in [0, 0.1) is 11.3 Å². The molecule has 0 aliphatic heterocycles. The zero-order valence-corrected chi connectivity index (χ0v) is 8.17. The van der Waals surface area contributed by atoms with E-state index in [2.05, 4.69) is 16.9 Å². The molecule has 1 rings (SSSR count). The molecule has 0 fully saturated rings. The molecule has 14 heavy (non-hydrogen) atoms. The molecule has 0 saturated carbocycles. The highest BCUT2D eigenvalue weighted by atomic mass is 35.5. The minimum Gasteiger partial charge on any atom is -0.384 e. The van der Waals surface area contributed by atoms with Gasteiger partial charge < -0.3 is 11.1 Å². The quantitative estimate of drug-likeness (QED) is 0.587. The highest BCUT2D eigenvalue weighted by molar-refractivity contribution is 6.31. The van der Waals surface area contributed by atoms with Crippen molar-refractivity contribution in [3.8, 4) is 6.07 Å².